The number of ether oxygens (including phenoxy) is 5. The number of hydrogen-bond acceptors (Lipinski definition) is 8. The third kappa shape index (κ3) is 9.08. The van der Waals surface area contributed by atoms with Gasteiger partial charge in [0.2, 0.25) is 0 Å². The number of carbonyl (C=O) groups excluding carboxylic acids is 3. The molecule has 0 unspecified atom stereocenters. The topological polar surface area (TPSA) is 97.4 Å². The van der Waals surface area contributed by atoms with E-state index in [1.54, 1.807) is 0 Å². The summed E-state index contributed by atoms with van der Waals surface area (Å²) in [6.07, 6.45) is 0.545. The number of unbranched alkanes of at least 4 members (excludes halogenated alkanes) is 5. The van der Waals surface area contributed by atoms with Crippen LogP contribution in [0.15, 0.2) is 0 Å². The molecule has 1 heterocycles. The lowest BCUT2D eigenvalue weighted by molar-refractivity contribution is -0.196. The van der Waals surface area contributed by atoms with Gasteiger partial charge in [-0.2, -0.15) is 0 Å². The van der Waals surface area contributed by atoms with Crippen LogP contribution in [0.4, 0.5) is 4.39 Å². The summed E-state index contributed by atoms with van der Waals surface area (Å²) in [7, 11) is 0. The van der Waals surface area contributed by atoms with E-state index in [1.807, 2.05) is 0 Å². The van der Waals surface area contributed by atoms with Crippen molar-refractivity contribution in [1.82, 2.24) is 0 Å². The van der Waals surface area contributed by atoms with Crippen LogP contribution in [0.25, 0.3) is 0 Å². The number of carbonyl (C=O) groups is 3. The van der Waals surface area contributed by atoms with Gasteiger partial charge in [-0.05, 0) is 6.42 Å². The number of halogens is 1. The molecule has 0 saturated carbocycles. The van der Waals surface area contributed by atoms with Crippen molar-refractivity contribution >= 4 is 17.9 Å². The van der Waals surface area contributed by atoms with Gasteiger partial charge in [-0.1, -0.05) is 39.0 Å². The molecule has 0 radical (unpaired) electrons. The predicted molar refractivity (Wildman–Crippen MR) is 101 cm³/mol. The lowest BCUT2D eigenvalue weighted by Gasteiger charge is -2.26. The molecule has 1 saturated heterocycles. The third-order valence-electron chi connectivity index (χ3n) is 4.43. The van der Waals surface area contributed by atoms with Crippen molar-refractivity contribution in [1.29, 1.82) is 0 Å². The van der Waals surface area contributed by atoms with E-state index >= 15 is 0 Å². The maximum absolute atomic E-state index is 13.5. The Morgan fingerprint density at radius 3 is 2.03 bits per heavy atom. The molecule has 0 aromatic rings. The molecule has 8 nitrogen and oxygen atoms in total. The summed E-state index contributed by atoms with van der Waals surface area (Å²) in [5.74, 6) is -2.01. The molecule has 0 aromatic heterocycles. The minimum absolute atomic E-state index is 0.335. The van der Waals surface area contributed by atoms with Crippen molar-refractivity contribution in [3.63, 3.8) is 0 Å². The molecule has 0 aromatic carbocycles. The summed E-state index contributed by atoms with van der Waals surface area (Å²) in [5.41, 5.74) is 0. The standard InChI is InChI=1S/C20H33FO8/c1-5-6-7-8-9-10-11-25-20-19(28-15(4)24)18(27-14(3)23)17(29-20)16(12-21)26-13(2)22/h16-20H,5-12H2,1-4H3/t16-,17+,18+,19-,20-/m1/s1. The Balaban J connectivity index is 2.82. The summed E-state index contributed by atoms with van der Waals surface area (Å²) < 4.78 is 40.3. The Bertz CT molecular complexity index is 527. The first kappa shape index (κ1) is 25.3. The van der Waals surface area contributed by atoms with E-state index in [4.69, 9.17) is 23.7 Å². The van der Waals surface area contributed by atoms with Crippen LogP contribution in [0.5, 0.6) is 0 Å². The van der Waals surface area contributed by atoms with Crippen molar-refractivity contribution in [2.45, 2.75) is 96.9 Å². The first-order valence-electron chi connectivity index (χ1n) is 10.1. The number of alkyl halides is 1. The molecule has 168 valence electrons. The normalized spacial score (nSPS) is 24.7. The molecule has 9 heteroatoms. The smallest absolute Gasteiger partial charge is 0.303 e. The molecular weight excluding hydrogens is 387 g/mol. The van der Waals surface area contributed by atoms with Crippen LogP contribution < -0.4 is 0 Å². The van der Waals surface area contributed by atoms with Crippen molar-refractivity contribution in [2.24, 2.45) is 0 Å². The van der Waals surface area contributed by atoms with E-state index in [2.05, 4.69) is 6.92 Å². The quantitative estimate of drug-likeness (QED) is 0.255. The van der Waals surface area contributed by atoms with Crippen LogP contribution in [0.1, 0.15) is 66.2 Å². The predicted octanol–water partition coefficient (Wildman–Crippen LogP) is 2.85. The second kappa shape index (κ2) is 13.5. The van der Waals surface area contributed by atoms with Crippen LogP contribution >= 0.6 is 0 Å². The fourth-order valence-corrected chi connectivity index (χ4v) is 3.21. The highest BCUT2D eigenvalue weighted by Crippen LogP contribution is 2.31. The lowest BCUT2D eigenvalue weighted by atomic mass is 10.1. The summed E-state index contributed by atoms with van der Waals surface area (Å²) in [6, 6.07) is 0. The van der Waals surface area contributed by atoms with Crippen molar-refractivity contribution in [3.8, 4) is 0 Å². The highest BCUT2D eigenvalue weighted by atomic mass is 19.1. The van der Waals surface area contributed by atoms with E-state index in [0.29, 0.717) is 6.61 Å². The molecule has 1 rings (SSSR count). The number of hydrogen-bond donors (Lipinski definition) is 0. The van der Waals surface area contributed by atoms with Gasteiger partial charge in [-0.15, -0.1) is 0 Å². The van der Waals surface area contributed by atoms with Crippen LogP contribution in [0.3, 0.4) is 0 Å². The second-order valence-corrected chi connectivity index (χ2v) is 7.06. The lowest BCUT2D eigenvalue weighted by Crippen LogP contribution is -2.45. The van der Waals surface area contributed by atoms with Crippen LogP contribution in [-0.2, 0) is 38.1 Å². The second-order valence-electron chi connectivity index (χ2n) is 7.06. The van der Waals surface area contributed by atoms with E-state index < -0.39 is 55.3 Å². The summed E-state index contributed by atoms with van der Waals surface area (Å²) >= 11 is 0. The Morgan fingerprint density at radius 2 is 1.48 bits per heavy atom. The minimum atomic E-state index is -1.32. The van der Waals surface area contributed by atoms with Crippen LogP contribution in [0.2, 0.25) is 0 Å². The minimum Gasteiger partial charge on any atom is -0.457 e. The molecule has 0 spiro atoms. The van der Waals surface area contributed by atoms with E-state index in [9.17, 15) is 18.8 Å². The molecule has 1 aliphatic rings. The van der Waals surface area contributed by atoms with Gasteiger partial charge < -0.3 is 23.7 Å². The Labute approximate surface area is 171 Å². The summed E-state index contributed by atoms with van der Waals surface area (Å²) in [4.78, 5) is 34.4. The number of rotatable bonds is 13. The van der Waals surface area contributed by atoms with Gasteiger partial charge in [0.25, 0.3) is 0 Å². The molecule has 0 amide bonds. The van der Waals surface area contributed by atoms with Gasteiger partial charge in [-0.25, -0.2) is 4.39 Å². The molecule has 1 fully saturated rings. The van der Waals surface area contributed by atoms with E-state index in [-0.39, 0.29) is 0 Å². The van der Waals surface area contributed by atoms with E-state index in [0.717, 1.165) is 39.0 Å². The number of esters is 3. The highest BCUT2D eigenvalue weighted by Gasteiger charge is 2.53. The largest absolute Gasteiger partial charge is 0.457 e. The van der Waals surface area contributed by atoms with Gasteiger partial charge in [0.15, 0.2) is 24.6 Å². The maximum atomic E-state index is 13.5. The zero-order chi connectivity index (χ0) is 21.8. The summed E-state index contributed by atoms with van der Waals surface area (Å²) in [5, 5.41) is 0. The summed E-state index contributed by atoms with van der Waals surface area (Å²) in [6.45, 7) is 4.92. The van der Waals surface area contributed by atoms with Gasteiger partial charge in [0, 0.05) is 27.4 Å². The Morgan fingerprint density at radius 1 is 0.897 bits per heavy atom. The SMILES string of the molecule is CCCCCCCCO[C@@H]1O[C@@H]([C@@H](CF)OC(C)=O)[C@H](OC(C)=O)[C@H]1OC(C)=O. The van der Waals surface area contributed by atoms with Crippen molar-refractivity contribution < 1.29 is 42.5 Å². The van der Waals surface area contributed by atoms with E-state index in [1.165, 1.54) is 20.3 Å². The van der Waals surface area contributed by atoms with Gasteiger partial charge in [0.1, 0.15) is 12.8 Å². The van der Waals surface area contributed by atoms with Gasteiger partial charge in [-0.3, -0.25) is 14.4 Å². The average molecular weight is 420 g/mol. The van der Waals surface area contributed by atoms with Crippen molar-refractivity contribution in [3.05, 3.63) is 0 Å². The molecule has 0 aliphatic carbocycles. The first-order valence-corrected chi connectivity index (χ1v) is 10.1. The Kier molecular flexibility index (Phi) is 11.8. The van der Waals surface area contributed by atoms with Gasteiger partial charge >= 0.3 is 17.9 Å². The molecule has 1 aliphatic heterocycles. The monoisotopic (exact) mass is 420 g/mol. The molecular formula is C20H33FO8. The van der Waals surface area contributed by atoms with Gasteiger partial charge in [0.05, 0.1) is 0 Å². The third-order valence-corrected chi connectivity index (χ3v) is 4.43. The zero-order valence-corrected chi connectivity index (χ0v) is 17.7. The fraction of sp³-hybridized carbons (Fsp3) is 0.850. The zero-order valence-electron chi connectivity index (χ0n) is 17.7. The molecule has 29 heavy (non-hydrogen) atoms. The molecule has 0 N–H and O–H groups in total. The van der Waals surface area contributed by atoms with Crippen molar-refractivity contribution in [2.75, 3.05) is 13.3 Å². The fourth-order valence-electron chi connectivity index (χ4n) is 3.21. The maximum Gasteiger partial charge on any atom is 0.303 e. The average Bonchev–Trinajstić information content (AvgIpc) is 2.95. The van der Waals surface area contributed by atoms with Crippen LogP contribution in [-0.4, -0.2) is 61.9 Å². The Hall–Kier alpha value is -1.74. The van der Waals surface area contributed by atoms with Crippen LogP contribution in [0, 0.1) is 0 Å². The first-order chi connectivity index (χ1) is 13.8. The molecule has 5 atom stereocenters. The molecule has 0 bridgehead atoms. The highest BCUT2D eigenvalue weighted by molar-refractivity contribution is 5.68.